The van der Waals surface area contributed by atoms with Gasteiger partial charge in [-0.15, -0.1) is 11.8 Å². The molecule has 1 aromatic rings. The van der Waals surface area contributed by atoms with Gasteiger partial charge in [-0.25, -0.2) is 4.39 Å². The van der Waals surface area contributed by atoms with Crippen LogP contribution in [0, 0.1) is 5.82 Å². The van der Waals surface area contributed by atoms with Crippen LogP contribution in [-0.2, 0) is 0 Å². The molecular weight excluding hydrogens is 197 g/mol. The molecule has 0 aromatic heterocycles. The highest BCUT2D eigenvalue weighted by molar-refractivity contribution is 7.99. The van der Waals surface area contributed by atoms with Gasteiger partial charge in [-0.2, -0.15) is 0 Å². The highest BCUT2D eigenvalue weighted by Gasteiger charge is 2.03. The number of halogens is 1. The number of nitrogens with two attached hydrogens (primary N) is 1. The van der Waals surface area contributed by atoms with Crippen LogP contribution in [0.1, 0.15) is 13.3 Å². The molecule has 0 radical (unpaired) electrons. The highest BCUT2D eigenvalue weighted by atomic mass is 32.2. The lowest BCUT2D eigenvalue weighted by atomic mass is 10.3. The topological polar surface area (TPSA) is 26.0 Å². The van der Waals surface area contributed by atoms with E-state index in [1.165, 1.54) is 17.8 Å². The van der Waals surface area contributed by atoms with Crippen molar-refractivity contribution in [2.24, 2.45) is 0 Å². The summed E-state index contributed by atoms with van der Waals surface area (Å²) in [6.07, 6.45) is 0.934. The number of rotatable bonds is 4. The number of hydrogen-bond donors (Lipinski definition) is 1. The van der Waals surface area contributed by atoms with Gasteiger partial charge in [-0.3, -0.25) is 0 Å². The van der Waals surface area contributed by atoms with Crippen LogP contribution in [0.15, 0.2) is 35.2 Å². The van der Waals surface area contributed by atoms with Gasteiger partial charge in [0, 0.05) is 16.3 Å². The zero-order valence-electron chi connectivity index (χ0n) is 8.22. The molecule has 76 valence electrons. The molecule has 0 aliphatic heterocycles. The third-order valence-electron chi connectivity index (χ3n) is 1.89. The summed E-state index contributed by atoms with van der Waals surface area (Å²) in [7, 11) is 0. The maximum Gasteiger partial charge on any atom is 0.138 e. The molecule has 0 aliphatic carbocycles. The average Bonchev–Trinajstić information content (AvgIpc) is 2.16. The van der Waals surface area contributed by atoms with E-state index in [4.69, 9.17) is 5.73 Å². The quantitative estimate of drug-likeness (QED) is 0.469. The number of thioether (sulfide) groups is 1. The largest absolute Gasteiger partial charge is 0.399 e. The first kappa shape index (κ1) is 11.1. The zero-order chi connectivity index (χ0) is 10.6. The van der Waals surface area contributed by atoms with E-state index in [0.29, 0.717) is 10.6 Å². The molecule has 1 aromatic carbocycles. The van der Waals surface area contributed by atoms with Crippen LogP contribution in [0.3, 0.4) is 0 Å². The summed E-state index contributed by atoms with van der Waals surface area (Å²) in [5.74, 6) is 0.510. The van der Waals surface area contributed by atoms with E-state index in [0.717, 1.165) is 17.7 Å². The standard InChI is InChI=1S/C11H14FNS/c1-3-8(2)7-14-11-5-4-9(13)6-10(11)12/h4-6H,2-3,7,13H2,1H3. The van der Waals surface area contributed by atoms with Crippen molar-refractivity contribution in [2.45, 2.75) is 18.2 Å². The Hall–Kier alpha value is -0.960. The van der Waals surface area contributed by atoms with Crippen LogP contribution >= 0.6 is 11.8 Å². The lowest BCUT2D eigenvalue weighted by Crippen LogP contribution is -1.89. The van der Waals surface area contributed by atoms with Gasteiger partial charge < -0.3 is 5.73 Å². The summed E-state index contributed by atoms with van der Waals surface area (Å²) in [6, 6.07) is 4.76. The van der Waals surface area contributed by atoms with Gasteiger partial charge in [-0.1, -0.05) is 19.1 Å². The van der Waals surface area contributed by atoms with E-state index in [1.807, 2.05) is 6.92 Å². The van der Waals surface area contributed by atoms with E-state index in [2.05, 4.69) is 6.58 Å². The van der Waals surface area contributed by atoms with Crippen LogP contribution in [0.25, 0.3) is 0 Å². The Morgan fingerprint density at radius 1 is 1.57 bits per heavy atom. The van der Waals surface area contributed by atoms with Gasteiger partial charge in [0.15, 0.2) is 0 Å². The van der Waals surface area contributed by atoms with Gasteiger partial charge in [0.25, 0.3) is 0 Å². The minimum atomic E-state index is -0.251. The number of anilines is 1. The third-order valence-corrected chi connectivity index (χ3v) is 3.08. The van der Waals surface area contributed by atoms with E-state index < -0.39 is 0 Å². The Bertz CT molecular complexity index is 336. The molecule has 0 atom stereocenters. The molecular formula is C11H14FNS. The van der Waals surface area contributed by atoms with Gasteiger partial charge >= 0.3 is 0 Å². The van der Waals surface area contributed by atoms with Crippen molar-refractivity contribution in [3.8, 4) is 0 Å². The number of nitrogen functional groups attached to an aromatic ring is 1. The molecule has 0 aliphatic rings. The van der Waals surface area contributed by atoms with Crippen molar-refractivity contribution in [2.75, 3.05) is 11.5 Å². The maximum atomic E-state index is 13.3. The molecule has 0 spiro atoms. The van der Waals surface area contributed by atoms with Crippen LogP contribution in [0.2, 0.25) is 0 Å². The monoisotopic (exact) mass is 211 g/mol. The minimum absolute atomic E-state index is 0.251. The first-order chi connectivity index (χ1) is 6.63. The van der Waals surface area contributed by atoms with Gasteiger partial charge in [0.1, 0.15) is 5.82 Å². The molecule has 0 amide bonds. The van der Waals surface area contributed by atoms with Crippen molar-refractivity contribution in [1.82, 2.24) is 0 Å². The Morgan fingerprint density at radius 2 is 2.29 bits per heavy atom. The lowest BCUT2D eigenvalue weighted by Gasteiger charge is -2.04. The average molecular weight is 211 g/mol. The Kier molecular flexibility index (Phi) is 4.01. The fourth-order valence-electron chi connectivity index (χ4n) is 0.916. The lowest BCUT2D eigenvalue weighted by molar-refractivity contribution is 0.603. The molecule has 3 heteroatoms. The van der Waals surface area contributed by atoms with E-state index in [-0.39, 0.29) is 5.82 Å². The normalized spacial score (nSPS) is 10.1. The molecule has 0 bridgehead atoms. The summed E-state index contributed by atoms with van der Waals surface area (Å²) in [6.45, 7) is 5.91. The molecule has 14 heavy (non-hydrogen) atoms. The molecule has 2 N–H and O–H groups in total. The summed E-state index contributed by atoms with van der Waals surface area (Å²) >= 11 is 1.46. The van der Waals surface area contributed by atoms with Crippen LogP contribution in [0.4, 0.5) is 10.1 Å². The highest BCUT2D eigenvalue weighted by Crippen LogP contribution is 2.25. The minimum Gasteiger partial charge on any atom is -0.399 e. The SMILES string of the molecule is C=C(CC)CSc1ccc(N)cc1F. The van der Waals surface area contributed by atoms with Crippen molar-refractivity contribution >= 4 is 17.4 Å². The van der Waals surface area contributed by atoms with E-state index in [9.17, 15) is 4.39 Å². The van der Waals surface area contributed by atoms with Crippen LogP contribution < -0.4 is 5.73 Å². The Morgan fingerprint density at radius 3 is 2.86 bits per heavy atom. The molecule has 0 saturated carbocycles. The van der Waals surface area contributed by atoms with Gasteiger partial charge in [-0.05, 0) is 24.6 Å². The molecule has 0 unspecified atom stereocenters. The van der Waals surface area contributed by atoms with Crippen molar-refractivity contribution in [3.63, 3.8) is 0 Å². The first-order valence-electron chi connectivity index (χ1n) is 4.48. The zero-order valence-corrected chi connectivity index (χ0v) is 9.03. The Balaban J connectivity index is 2.63. The third kappa shape index (κ3) is 3.07. The summed E-state index contributed by atoms with van der Waals surface area (Å²) < 4.78 is 13.3. The smallest absolute Gasteiger partial charge is 0.138 e. The first-order valence-corrected chi connectivity index (χ1v) is 5.46. The van der Waals surface area contributed by atoms with Gasteiger partial charge in [0.2, 0.25) is 0 Å². The second-order valence-electron chi connectivity index (χ2n) is 3.08. The molecule has 1 nitrogen and oxygen atoms in total. The fraction of sp³-hybridized carbons (Fsp3) is 0.273. The van der Waals surface area contributed by atoms with Crippen LogP contribution in [-0.4, -0.2) is 5.75 Å². The van der Waals surface area contributed by atoms with Crippen molar-refractivity contribution in [3.05, 3.63) is 36.2 Å². The summed E-state index contributed by atoms with van der Waals surface area (Å²) in [4.78, 5) is 0.633. The van der Waals surface area contributed by atoms with E-state index in [1.54, 1.807) is 12.1 Å². The van der Waals surface area contributed by atoms with Gasteiger partial charge in [0.05, 0.1) is 0 Å². The molecule has 1 rings (SSSR count). The predicted molar refractivity (Wildman–Crippen MR) is 61.0 cm³/mol. The van der Waals surface area contributed by atoms with Crippen LogP contribution in [0.5, 0.6) is 0 Å². The number of hydrogen-bond acceptors (Lipinski definition) is 2. The Labute approximate surface area is 88.2 Å². The second kappa shape index (κ2) is 5.05. The second-order valence-corrected chi connectivity index (χ2v) is 4.10. The maximum absolute atomic E-state index is 13.3. The molecule has 0 heterocycles. The van der Waals surface area contributed by atoms with Crippen molar-refractivity contribution in [1.29, 1.82) is 0 Å². The summed E-state index contributed by atoms with van der Waals surface area (Å²) in [5.41, 5.74) is 7.02. The molecule has 0 saturated heterocycles. The molecule has 0 fully saturated rings. The van der Waals surface area contributed by atoms with Crippen molar-refractivity contribution < 1.29 is 4.39 Å². The summed E-state index contributed by atoms with van der Waals surface area (Å²) in [5, 5.41) is 0. The predicted octanol–water partition coefficient (Wildman–Crippen LogP) is 3.47. The number of benzene rings is 1. The fourth-order valence-corrected chi connectivity index (χ4v) is 1.84. The van der Waals surface area contributed by atoms with E-state index >= 15 is 0 Å².